The number of rotatable bonds is 8. The first-order valence-corrected chi connectivity index (χ1v) is 9.06. The van der Waals surface area contributed by atoms with Crippen LogP contribution in [0.2, 0.25) is 0 Å². The number of hydrogen-bond acceptors (Lipinski definition) is 10. The lowest BCUT2D eigenvalue weighted by Crippen LogP contribution is -2.13. The van der Waals surface area contributed by atoms with Gasteiger partial charge in [-0.05, 0) is 31.9 Å². The Bertz CT molecular complexity index is 1030. The molecule has 11 nitrogen and oxygen atoms in total. The Hall–Kier alpha value is -3.76. The lowest BCUT2D eigenvalue weighted by atomic mass is 10.2. The normalized spacial score (nSPS) is 14.3. The summed E-state index contributed by atoms with van der Waals surface area (Å²) in [4.78, 5) is 23.4. The zero-order valence-corrected chi connectivity index (χ0v) is 15.8. The van der Waals surface area contributed by atoms with E-state index in [4.69, 9.17) is 9.26 Å². The summed E-state index contributed by atoms with van der Waals surface area (Å²) in [5.74, 6) is 1.78. The molecule has 2 N–H and O–H groups in total. The predicted octanol–water partition coefficient (Wildman–Crippen LogP) is 3.19. The SMILES string of the molecule is COc1ccccc1-c1noc(C(C)Nc2ncc([N+](=O)[O-])c(NC3CC3)n2)n1. The van der Waals surface area contributed by atoms with Gasteiger partial charge in [-0.25, -0.2) is 4.98 Å². The summed E-state index contributed by atoms with van der Waals surface area (Å²) in [5.41, 5.74) is 0.547. The Morgan fingerprint density at radius 2 is 2.10 bits per heavy atom. The van der Waals surface area contributed by atoms with Crippen LogP contribution in [0, 0.1) is 10.1 Å². The number of nitrogens with zero attached hydrogens (tertiary/aromatic N) is 5. The van der Waals surface area contributed by atoms with Gasteiger partial charge in [-0.15, -0.1) is 0 Å². The van der Waals surface area contributed by atoms with Crippen molar-refractivity contribution < 1.29 is 14.2 Å². The lowest BCUT2D eigenvalue weighted by molar-refractivity contribution is -0.384. The van der Waals surface area contributed by atoms with Crippen LogP contribution in [-0.2, 0) is 0 Å². The van der Waals surface area contributed by atoms with Crippen LogP contribution in [0.3, 0.4) is 0 Å². The average Bonchev–Trinajstić information content (AvgIpc) is 3.39. The highest BCUT2D eigenvalue weighted by molar-refractivity contribution is 5.63. The van der Waals surface area contributed by atoms with E-state index in [9.17, 15) is 10.1 Å². The molecule has 0 amide bonds. The number of benzene rings is 1. The molecule has 11 heteroatoms. The Labute approximate surface area is 165 Å². The van der Waals surface area contributed by atoms with Gasteiger partial charge in [-0.2, -0.15) is 9.97 Å². The topological polar surface area (TPSA) is 141 Å². The maximum absolute atomic E-state index is 11.2. The van der Waals surface area contributed by atoms with Crippen molar-refractivity contribution in [2.75, 3.05) is 17.7 Å². The van der Waals surface area contributed by atoms with Crippen molar-refractivity contribution in [3.8, 4) is 17.1 Å². The number of para-hydroxylation sites is 1. The molecule has 2 aromatic heterocycles. The third-order valence-corrected chi connectivity index (χ3v) is 4.39. The molecule has 1 fully saturated rings. The monoisotopic (exact) mass is 397 g/mol. The average molecular weight is 397 g/mol. The molecule has 1 aliphatic rings. The second-order valence-electron chi connectivity index (χ2n) is 6.63. The van der Waals surface area contributed by atoms with Gasteiger partial charge in [0.1, 0.15) is 18.0 Å². The van der Waals surface area contributed by atoms with Gasteiger partial charge in [-0.1, -0.05) is 17.3 Å². The van der Waals surface area contributed by atoms with E-state index in [2.05, 4.69) is 30.7 Å². The summed E-state index contributed by atoms with van der Waals surface area (Å²) in [6, 6.07) is 7.16. The van der Waals surface area contributed by atoms with E-state index in [0.29, 0.717) is 23.0 Å². The second-order valence-corrected chi connectivity index (χ2v) is 6.63. The zero-order valence-electron chi connectivity index (χ0n) is 15.8. The number of ether oxygens (including phenoxy) is 1. The van der Waals surface area contributed by atoms with Crippen molar-refractivity contribution in [1.82, 2.24) is 20.1 Å². The van der Waals surface area contributed by atoms with Crippen LogP contribution in [0.4, 0.5) is 17.5 Å². The van der Waals surface area contributed by atoms with Crippen LogP contribution < -0.4 is 15.4 Å². The maximum atomic E-state index is 11.2. The molecule has 3 aromatic rings. The summed E-state index contributed by atoms with van der Waals surface area (Å²) >= 11 is 0. The molecule has 0 spiro atoms. The lowest BCUT2D eigenvalue weighted by Gasteiger charge is -2.11. The minimum absolute atomic E-state index is 0.161. The second kappa shape index (κ2) is 7.70. The number of anilines is 2. The molecule has 4 rings (SSSR count). The van der Waals surface area contributed by atoms with E-state index in [-0.39, 0.29) is 23.5 Å². The van der Waals surface area contributed by atoms with E-state index < -0.39 is 11.0 Å². The fourth-order valence-electron chi connectivity index (χ4n) is 2.71. The van der Waals surface area contributed by atoms with Gasteiger partial charge >= 0.3 is 5.69 Å². The molecule has 0 saturated heterocycles. The van der Waals surface area contributed by atoms with E-state index in [1.807, 2.05) is 24.3 Å². The standard InChI is InChI=1S/C18H19N7O4/c1-10(17-22-15(24-29-17)12-5-3-4-6-14(12)28-2)20-18-19-9-13(25(26)27)16(23-18)21-11-7-8-11/h3-6,9-11H,7-8H2,1-2H3,(H2,19,20,21,23). The predicted molar refractivity (Wildman–Crippen MR) is 104 cm³/mol. The van der Waals surface area contributed by atoms with Gasteiger partial charge in [0.15, 0.2) is 0 Å². The zero-order chi connectivity index (χ0) is 20.4. The van der Waals surface area contributed by atoms with Crippen molar-refractivity contribution in [3.05, 3.63) is 46.5 Å². The minimum Gasteiger partial charge on any atom is -0.496 e. The summed E-state index contributed by atoms with van der Waals surface area (Å²) in [5, 5.41) is 21.3. The quantitative estimate of drug-likeness (QED) is 0.430. The van der Waals surface area contributed by atoms with Crippen LogP contribution in [-0.4, -0.2) is 38.2 Å². The summed E-state index contributed by atoms with van der Waals surface area (Å²) in [7, 11) is 1.57. The van der Waals surface area contributed by atoms with Gasteiger partial charge in [0.25, 0.3) is 0 Å². The number of aromatic nitrogens is 4. The number of hydrogen-bond donors (Lipinski definition) is 2. The highest BCUT2D eigenvalue weighted by Crippen LogP contribution is 2.31. The first-order valence-electron chi connectivity index (χ1n) is 9.06. The fraction of sp³-hybridized carbons (Fsp3) is 0.333. The van der Waals surface area contributed by atoms with Crippen molar-refractivity contribution in [2.45, 2.75) is 31.8 Å². The summed E-state index contributed by atoms with van der Waals surface area (Å²) in [6.07, 6.45) is 3.11. The third kappa shape index (κ3) is 4.08. The molecule has 1 aliphatic carbocycles. The van der Waals surface area contributed by atoms with Gasteiger partial charge in [0.05, 0.1) is 17.6 Å². The summed E-state index contributed by atoms with van der Waals surface area (Å²) < 4.78 is 10.7. The maximum Gasteiger partial charge on any atom is 0.329 e. The molecular weight excluding hydrogens is 378 g/mol. The van der Waals surface area contributed by atoms with Crippen LogP contribution >= 0.6 is 0 Å². The van der Waals surface area contributed by atoms with E-state index in [0.717, 1.165) is 12.8 Å². The van der Waals surface area contributed by atoms with Crippen LogP contribution in [0.15, 0.2) is 35.0 Å². The van der Waals surface area contributed by atoms with E-state index >= 15 is 0 Å². The smallest absolute Gasteiger partial charge is 0.329 e. The van der Waals surface area contributed by atoms with Crippen LogP contribution in [0.5, 0.6) is 5.75 Å². The van der Waals surface area contributed by atoms with Crippen LogP contribution in [0.25, 0.3) is 11.4 Å². The largest absolute Gasteiger partial charge is 0.496 e. The Balaban J connectivity index is 1.53. The molecular formula is C18H19N7O4. The Morgan fingerprint density at radius 1 is 1.31 bits per heavy atom. The molecule has 150 valence electrons. The number of nitro groups is 1. The number of methoxy groups -OCH3 is 1. The van der Waals surface area contributed by atoms with Gasteiger partial charge in [-0.3, -0.25) is 10.1 Å². The molecule has 29 heavy (non-hydrogen) atoms. The first kappa shape index (κ1) is 18.6. The number of nitrogens with one attached hydrogen (secondary N) is 2. The molecule has 1 atom stereocenters. The van der Waals surface area contributed by atoms with Crippen molar-refractivity contribution in [3.63, 3.8) is 0 Å². The molecule has 0 bridgehead atoms. The van der Waals surface area contributed by atoms with Gasteiger partial charge in [0.2, 0.25) is 23.5 Å². The van der Waals surface area contributed by atoms with Crippen molar-refractivity contribution in [1.29, 1.82) is 0 Å². The molecule has 0 radical (unpaired) electrons. The molecule has 1 aromatic carbocycles. The Kier molecular flexibility index (Phi) is 4.94. The molecule has 1 saturated carbocycles. The van der Waals surface area contributed by atoms with Gasteiger partial charge in [0, 0.05) is 6.04 Å². The Morgan fingerprint density at radius 3 is 2.83 bits per heavy atom. The molecule has 0 aliphatic heterocycles. The highest BCUT2D eigenvalue weighted by atomic mass is 16.6. The summed E-state index contributed by atoms with van der Waals surface area (Å²) in [6.45, 7) is 1.80. The molecule has 2 heterocycles. The van der Waals surface area contributed by atoms with E-state index in [1.54, 1.807) is 14.0 Å². The van der Waals surface area contributed by atoms with E-state index in [1.165, 1.54) is 6.20 Å². The highest BCUT2D eigenvalue weighted by Gasteiger charge is 2.27. The van der Waals surface area contributed by atoms with Crippen LogP contribution in [0.1, 0.15) is 31.7 Å². The van der Waals surface area contributed by atoms with Crippen molar-refractivity contribution in [2.24, 2.45) is 0 Å². The van der Waals surface area contributed by atoms with Gasteiger partial charge < -0.3 is 19.9 Å². The first-order chi connectivity index (χ1) is 14.0. The fourth-order valence-corrected chi connectivity index (χ4v) is 2.71. The third-order valence-electron chi connectivity index (χ3n) is 4.39. The van der Waals surface area contributed by atoms with Crippen molar-refractivity contribution >= 4 is 17.5 Å². The molecule has 1 unspecified atom stereocenters. The minimum atomic E-state index is -0.505.